The van der Waals surface area contributed by atoms with Crippen molar-refractivity contribution in [3.05, 3.63) is 64.7 Å². The first-order valence-corrected chi connectivity index (χ1v) is 7.40. The Labute approximate surface area is 137 Å². The fourth-order valence-corrected chi connectivity index (χ4v) is 2.58. The molecular weight excluding hydrogens is 316 g/mol. The molecule has 116 valence electrons. The molecule has 0 spiro atoms. The van der Waals surface area contributed by atoms with E-state index in [2.05, 4.69) is 5.32 Å². The van der Waals surface area contributed by atoms with Crippen molar-refractivity contribution in [1.29, 1.82) is 0 Å². The molecule has 2 aromatic carbocycles. The third kappa shape index (κ3) is 2.71. The fourth-order valence-electron chi connectivity index (χ4n) is 2.46. The summed E-state index contributed by atoms with van der Waals surface area (Å²) in [5.74, 6) is -1.35. The summed E-state index contributed by atoms with van der Waals surface area (Å²) in [6, 6.07) is 12.2. The van der Waals surface area contributed by atoms with Gasteiger partial charge in [0, 0.05) is 10.7 Å². The molecule has 3 amide bonds. The van der Waals surface area contributed by atoms with Crippen LogP contribution in [-0.2, 0) is 4.79 Å². The molecule has 0 radical (unpaired) electrons. The standard InChI is InChI=1S/C17H13ClN2O3/c1-10(15(21)19-12-8-6-11(18)7-9-12)20-16(22)13-4-2-3-5-14(13)17(20)23/h2-10H,1H3,(H,19,21)/t10-/m1/s1. The summed E-state index contributed by atoms with van der Waals surface area (Å²) < 4.78 is 0. The maximum Gasteiger partial charge on any atom is 0.262 e. The molecule has 1 aliphatic rings. The molecule has 1 atom stereocenters. The van der Waals surface area contributed by atoms with Gasteiger partial charge in [0.05, 0.1) is 11.1 Å². The summed E-state index contributed by atoms with van der Waals surface area (Å²) in [4.78, 5) is 38.0. The van der Waals surface area contributed by atoms with E-state index in [1.165, 1.54) is 6.92 Å². The number of carbonyl (C=O) groups is 3. The van der Waals surface area contributed by atoms with Crippen LogP contribution in [0.1, 0.15) is 27.6 Å². The average molecular weight is 329 g/mol. The van der Waals surface area contributed by atoms with Gasteiger partial charge in [0.2, 0.25) is 5.91 Å². The molecule has 1 heterocycles. The zero-order valence-corrected chi connectivity index (χ0v) is 13.0. The van der Waals surface area contributed by atoms with Crippen molar-refractivity contribution in [2.45, 2.75) is 13.0 Å². The Morgan fingerprint density at radius 2 is 1.52 bits per heavy atom. The number of nitrogens with zero attached hydrogens (tertiary/aromatic N) is 1. The van der Waals surface area contributed by atoms with E-state index in [0.29, 0.717) is 21.8 Å². The van der Waals surface area contributed by atoms with Crippen molar-refractivity contribution in [3.8, 4) is 0 Å². The van der Waals surface area contributed by atoms with Crippen molar-refractivity contribution in [3.63, 3.8) is 0 Å². The van der Waals surface area contributed by atoms with Crippen molar-refractivity contribution < 1.29 is 14.4 Å². The summed E-state index contributed by atoms with van der Waals surface area (Å²) >= 11 is 5.79. The number of halogens is 1. The first-order chi connectivity index (χ1) is 11.0. The smallest absolute Gasteiger partial charge is 0.262 e. The SMILES string of the molecule is C[C@H](C(=O)Nc1ccc(Cl)cc1)N1C(=O)c2ccccc2C1=O. The number of fused-ring (bicyclic) bond motifs is 1. The van der Waals surface area contributed by atoms with Gasteiger partial charge in [-0.05, 0) is 43.3 Å². The number of nitrogens with one attached hydrogen (secondary N) is 1. The topological polar surface area (TPSA) is 66.5 Å². The maximum absolute atomic E-state index is 12.4. The van der Waals surface area contributed by atoms with E-state index in [-0.39, 0.29) is 0 Å². The summed E-state index contributed by atoms with van der Waals surface area (Å²) in [7, 11) is 0. The van der Waals surface area contributed by atoms with Gasteiger partial charge >= 0.3 is 0 Å². The Morgan fingerprint density at radius 3 is 2.04 bits per heavy atom. The minimum Gasteiger partial charge on any atom is -0.324 e. The normalized spacial score (nSPS) is 14.6. The molecule has 0 saturated carbocycles. The van der Waals surface area contributed by atoms with Crippen LogP contribution < -0.4 is 5.32 Å². The highest BCUT2D eigenvalue weighted by Crippen LogP contribution is 2.25. The van der Waals surface area contributed by atoms with Gasteiger partial charge in [0.1, 0.15) is 6.04 Å². The number of amides is 3. The zero-order chi connectivity index (χ0) is 16.6. The second kappa shape index (κ2) is 5.85. The predicted molar refractivity (Wildman–Crippen MR) is 86.5 cm³/mol. The van der Waals surface area contributed by atoms with Gasteiger partial charge in [0.25, 0.3) is 11.8 Å². The summed E-state index contributed by atoms with van der Waals surface area (Å²) in [5, 5.41) is 3.22. The van der Waals surface area contributed by atoms with Crippen LogP contribution in [0.5, 0.6) is 0 Å². The molecule has 0 saturated heterocycles. The first-order valence-electron chi connectivity index (χ1n) is 7.02. The van der Waals surface area contributed by atoms with Gasteiger partial charge in [-0.3, -0.25) is 19.3 Å². The lowest BCUT2D eigenvalue weighted by Crippen LogP contribution is -2.45. The molecule has 5 nitrogen and oxygen atoms in total. The van der Waals surface area contributed by atoms with Gasteiger partial charge < -0.3 is 5.32 Å². The molecule has 0 aromatic heterocycles. The van der Waals surface area contributed by atoms with Gasteiger partial charge in [-0.2, -0.15) is 0 Å². The predicted octanol–water partition coefficient (Wildman–Crippen LogP) is 2.96. The minimum absolute atomic E-state index is 0.323. The van der Waals surface area contributed by atoms with E-state index < -0.39 is 23.8 Å². The third-order valence-corrected chi connectivity index (χ3v) is 3.96. The molecule has 2 aromatic rings. The van der Waals surface area contributed by atoms with Crippen LogP contribution in [0.4, 0.5) is 5.69 Å². The van der Waals surface area contributed by atoms with Gasteiger partial charge in [-0.25, -0.2) is 0 Å². The molecule has 0 unspecified atom stereocenters. The second-order valence-electron chi connectivity index (χ2n) is 5.20. The number of imide groups is 1. The highest BCUT2D eigenvalue weighted by atomic mass is 35.5. The Morgan fingerprint density at radius 1 is 1.00 bits per heavy atom. The van der Waals surface area contributed by atoms with Gasteiger partial charge in [-0.1, -0.05) is 23.7 Å². The van der Waals surface area contributed by atoms with Gasteiger partial charge in [0.15, 0.2) is 0 Å². The van der Waals surface area contributed by atoms with Crippen LogP contribution in [-0.4, -0.2) is 28.7 Å². The Balaban J connectivity index is 1.79. The molecule has 0 bridgehead atoms. The maximum atomic E-state index is 12.4. The first kappa shape index (κ1) is 15.2. The Bertz CT molecular complexity index is 767. The van der Waals surface area contributed by atoms with Crippen molar-refractivity contribution >= 4 is 35.0 Å². The van der Waals surface area contributed by atoms with E-state index in [9.17, 15) is 14.4 Å². The highest BCUT2D eigenvalue weighted by molar-refractivity contribution is 6.30. The molecule has 3 rings (SSSR count). The number of anilines is 1. The van der Waals surface area contributed by atoms with Crippen LogP contribution in [0.3, 0.4) is 0 Å². The summed E-state index contributed by atoms with van der Waals surface area (Å²) in [6.45, 7) is 1.52. The third-order valence-electron chi connectivity index (χ3n) is 3.70. The van der Waals surface area contributed by atoms with Crippen LogP contribution in [0.15, 0.2) is 48.5 Å². The van der Waals surface area contributed by atoms with Crippen LogP contribution in [0.2, 0.25) is 5.02 Å². The average Bonchev–Trinajstić information content (AvgIpc) is 2.81. The van der Waals surface area contributed by atoms with E-state index in [4.69, 9.17) is 11.6 Å². The lowest BCUT2D eigenvalue weighted by atomic mass is 10.1. The van der Waals surface area contributed by atoms with E-state index in [0.717, 1.165) is 4.90 Å². The molecule has 1 N–H and O–H groups in total. The van der Waals surface area contributed by atoms with Crippen LogP contribution >= 0.6 is 11.6 Å². The summed E-state index contributed by atoms with van der Waals surface area (Å²) in [5.41, 5.74) is 1.19. The monoisotopic (exact) mass is 328 g/mol. The van der Waals surface area contributed by atoms with Crippen LogP contribution in [0.25, 0.3) is 0 Å². The number of carbonyl (C=O) groups excluding carboxylic acids is 3. The van der Waals surface area contributed by atoms with E-state index in [1.807, 2.05) is 0 Å². The minimum atomic E-state index is -0.918. The van der Waals surface area contributed by atoms with Crippen molar-refractivity contribution in [1.82, 2.24) is 4.90 Å². The number of benzene rings is 2. The van der Waals surface area contributed by atoms with Gasteiger partial charge in [-0.15, -0.1) is 0 Å². The largest absolute Gasteiger partial charge is 0.324 e. The Hall–Kier alpha value is -2.66. The molecule has 6 heteroatoms. The molecule has 23 heavy (non-hydrogen) atoms. The quantitative estimate of drug-likeness (QED) is 0.881. The van der Waals surface area contributed by atoms with E-state index in [1.54, 1.807) is 48.5 Å². The molecule has 0 fully saturated rings. The van der Waals surface area contributed by atoms with Crippen molar-refractivity contribution in [2.75, 3.05) is 5.32 Å². The lowest BCUT2D eigenvalue weighted by Gasteiger charge is -2.21. The zero-order valence-electron chi connectivity index (χ0n) is 12.2. The fraction of sp³-hybridized carbons (Fsp3) is 0.118. The molecule has 1 aliphatic heterocycles. The van der Waals surface area contributed by atoms with Crippen molar-refractivity contribution in [2.24, 2.45) is 0 Å². The highest BCUT2D eigenvalue weighted by Gasteiger charge is 2.40. The Kier molecular flexibility index (Phi) is 3.88. The summed E-state index contributed by atoms with van der Waals surface area (Å²) in [6.07, 6.45) is 0. The number of rotatable bonds is 3. The molecule has 0 aliphatic carbocycles. The molecular formula is C17H13ClN2O3. The van der Waals surface area contributed by atoms with E-state index >= 15 is 0 Å². The lowest BCUT2D eigenvalue weighted by molar-refractivity contribution is -0.119. The second-order valence-corrected chi connectivity index (χ2v) is 5.63. The number of hydrogen-bond donors (Lipinski definition) is 1. The van der Waals surface area contributed by atoms with Crippen LogP contribution in [0, 0.1) is 0 Å². The number of hydrogen-bond acceptors (Lipinski definition) is 3.